The molecule has 102 heavy (non-hydrogen) atoms. The zero-order chi connectivity index (χ0) is 75.6. The largest absolute Gasteiger partial charge is 0.449 e. The number of rotatable bonds is 49. The van der Waals surface area contributed by atoms with E-state index in [2.05, 4.69) is 84.6 Å². The average molecular weight is 1480 g/mol. The first-order valence-electron chi connectivity index (χ1n) is 35.3. The summed E-state index contributed by atoms with van der Waals surface area (Å²) in [6, 6.07) is 16.3. The van der Waals surface area contributed by atoms with Gasteiger partial charge in [0.15, 0.2) is 0 Å². The van der Waals surface area contributed by atoms with Crippen molar-refractivity contribution >= 4 is 101 Å². The molecule has 0 heterocycles. The number of ether oxygens (including phenoxy) is 2. The Morgan fingerprint density at radius 1 is 0.441 bits per heavy atom. The number of carbonyl (C=O) groups excluding carboxylic acids is 11. The Labute approximate surface area is 623 Å². The highest BCUT2D eigenvalue weighted by molar-refractivity contribution is 7.99. The minimum Gasteiger partial charge on any atom is -0.449 e. The third-order valence-electron chi connectivity index (χ3n) is 14.8. The number of carbonyl (C=O) groups is 11. The van der Waals surface area contributed by atoms with Gasteiger partial charge in [-0.2, -0.15) is 35.3 Å². The molecule has 2 aromatic rings. The number of nitrogens with zero attached hydrogens (tertiary/aromatic N) is 3. The van der Waals surface area contributed by atoms with E-state index in [1.54, 1.807) is 70.8 Å². The van der Waals surface area contributed by atoms with Gasteiger partial charge < -0.3 is 72.4 Å². The summed E-state index contributed by atoms with van der Waals surface area (Å²) in [7, 11) is 0. The van der Waals surface area contributed by atoms with E-state index in [4.69, 9.17) is 34.5 Å². The SMILES string of the molecule is C#CCCCC(=O)NCCN(CCSCCC(=O)NCCN)C(=O)CC.C#CCCCC(=O)NCCN(CCSCCC(=O)NCCNC(=O)OC(C)(C)C)C(=O)CC.C#CCCCC(=O)NCCN(CCSCCC(=O)NCCNC(=O)OCC1c2ccccc2-c2ccccc21)C(=O)CC.[HH].[HH].[HH]. The van der Waals surface area contributed by atoms with Crippen LogP contribution in [0.1, 0.15) is 159 Å². The molecule has 0 radical (unpaired) electrons. The maximum absolute atomic E-state index is 12.3. The normalized spacial score (nSPS) is 10.9. The van der Waals surface area contributed by atoms with E-state index >= 15 is 0 Å². The molecule has 0 bridgehead atoms. The van der Waals surface area contributed by atoms with Gasteiger partial charge in [-0.15, -0.1) is 37.0 Å². The number of nitrogens with one attached hydrogen (secondary N) is 8. The first kappa shape index (κ1) is 91.9. The van der Waals surface area contributed by atoms with Gasteiger partial charge in [0.1, 0.15) is 12.2 Å². The van der Waals surface area contributed by atoms with Crippen molar-refractivity contribution in [3.8, 4) is 48.2 Å². The third kappa shape index (κ3) is 45.7. The summed E-state index contributed by atoms with van der Waals surface area (Å²) in [5.41, 5.74) is 9.43. The number of amides is 11. The van der Waals surface area contributed by atoms with E-state index in [0.29, 0.717) is 217 Å². The molecule has 2 aromatic carbocycles. The fourth-order valence-corrected chi connectivity index (χ4v) is 12.2. The van der Waals surface area contributed by atoms with Gasteiger partial charge in [0.05, 0.1) is 0 Å². The summed E-state index contributed by atoms with van der Waals surface area (Å²) in [4.78, 5) is 136. The van der Waals surface area contributed by atoms with Crippen LogP contribution in [0.15, 0.2) is 48.5 Å². The molecule has 25 nitrogen and oxygen atoms in total. The van der Waals surface area contributed by atoms with E-state index in [1.165, 1.54) is 11.1 Å². The number of hydrogen-bond acceptors (Lipinski definition) is 17. The lowest BCUT2D eigenvalue weighted by Crippen LogP contribution is -2.39. The quantitative estimate of drug-likeness (QED) is 0.0240. The summed E-state index contributed by atoms with van der Waals surface area (Å²) in [5, 5.41) is 22.0. The van der Waals surface area contributed by atoms with Crippen LogP contribution in [0, 0.1) is 37.0 Å². The molecule has 0 saturated heterocycles. The minimum atomic E-state index is -0.557. The first-order chi connectivity index (χ1) is 49.1. The van der Waals surface area contributed by atoms with Crippen LogP contribution < -0.4 is 48.3 Å². The highest BCUT2D eigenvalue weighted by Gasteiger charge is 2.29. The molecule has 0 spiro atoms. The number of nitrogens with two attached hydrogens (primary N) is 1. The smallest absolute Gasteiger partial charge is 0.407 e. The molecule has 0 aromatic heterocycles. The van der Waals surface area contributed by atoms with Crippen LogP contribution >= 0.6 is 35.3 Å². The van der Waals surface area contributed by atoms with E-state index in [1.807, 2.05) is 45.0 Å². The van der Waals surface area contributed by atoms with E-state index in [9.17, 15) is 52.7 Å². The summed E-state index contributed by atoms with van der Waals surface area (Å²) < 4.78 is 10.6. The van der Waals surface area contributed by atoms with Gasteiger partial charge in [-0.1, -0.05) is 69.3 Å². The number of hydrogen-bond donors (Lipinski definition) is 9. The van der Waals surface area contributed by atoms with Crippen molar-refractivity contribution in [1.29, 1.82) is 0 Å². The second-order valence-corrected chi connectivity index (χ2v) is 27.7. The molecular weight excluding hydrogens is 1360 g/mol. The lowest BCUT2D eigenvalue weighted by atomic mass is 9.98. The zero-order valence-electron chi connectivity index (χ0n) is 61.0. The van der Waals surface area contributed by atoms with Crippen molar-refractivity contribution in [1.82, 2.24) is 57.2 Å². The molecular formula is C74H120N12O13S3. The van der Waals surface area contributed by atoms with Crippen molar-refractivity contribution < 1.29 is 66.5 Å². The molecule has 3 rings (SSSR count). The Morgan fingerprint density at radius 3 is 1.09 bits per heavy atom. The predicted octanol–water partition coefficient (Wildman–Crippen LogP) is 6.91. The van der Waals surface area contributed by atoms with Crippen LogP contribution in [0.4, 0.5) is 9.59 Å². The van der Waals surface area contributed by atoms with Crippen LogP contribution in [0.2, 0.25) is 0 Å². The Balaban J connectivity index is -0.00000152. The summed E-state index contributed by atoms with van der Waals surface area (Å²) in [6.07, 6.45) is 21.8. The molecule has 10 N–H and O–H groups in total. The molecule has 28 heteroatoms. The highest BCUT2D eigenvalue weighted by atomic mass is 32.2. The van der Waals surface area contributed by atoms with Gasteiger partial charge in [-0.3, -0.25) is 43.2 Å². The standard InChI is InChI=1S/C33H42N4O5S.C23H40N4O5S.C18H32N4O3S.3H2/c1-3-5-6-15-30(38)35-19-20-37(32(40)4-2)21-23-43-22-16-31(39)34-17-18-36-33(41)42-24-29-27-13-9-7-11-25(27)26-12-8-10-14-28(26)29;1-6-8-9-10-19(28)25-14-15-27(21(30)7-2)16-18-33-17-11-20(29)24-12-13-26-22(31)32-23(3,4)5;1-3-5-6-7-16(23)21-11-12-22(18(25)4-2)13-15-26-14-8-17(24)20-10-9-19;;;/h1,7-14,29H,4-6,15-24H2,2H3,(H,34,39)(H,35,38)(H,36,41);1H,7-18H2,2-5H3,(H,24,29)(H,25,28)(H,26,31);1H,4-15,19H2,2H3,(H,20,24)(H,21,23);3*1H. The number of fused-ring (bicyclic) bond motifs is 3. The summed E-state index contributed by atoms with van der Waals surface area (Å²) in [6.45, 7) is 17.5. The third-order valence-corrected chi connectivity index (χ3v) is 17.7. The Kier molecular flexibility index (Phi) is 52.6. The van der Waals surface area contributed by atoms with Crippen molar-refractivity contribution in [2.75, 3.05) is 139 Å². The summed E-state index contributed by atoms with van der Waals surface area (Å²) >= 11 is 4.82. The number of thioether (sulfide) groups is 3. The second-order valence-electron chi connectivity index (χ2n) is 24.0. The number of alkyl carbamates (subject to hydrolysis) is 2. The minimum absolute atomic E-state index is 0. The lowest BCUT2D eigenvalue weighted by Gasteiger charge is -2.22. The van der Waals surface area contributed by atoms with Crippen LogP contribution in [-0.4, -0.2) is 225 Å². The molecule has 1 aliphatic carbocycles. The Morgan fingerprint density at radius 2 is 0.755 bits per heavy atom. The molecule has 0 saturated carbocycles. The Hall–Kier alpha value is -8.10. The monoisotopic (exact) mass is 1480 g/mol. The van der Waals surface area contributed by atoms with Crippen LogP contribution in [0.5, 0.6) is 0 Å². The van der Waals surface area contributed by atoms with E-state index in [-0.39, 0.29) is 76.5 Å². The van der Waals surface area contributed by atoms with Gasteiger partial charge in [-0.25, -0.2) is 9.59 Å². The number of unbranched alkanes of at least 4 members (excludes halogenated alkanes) is 3. The van der Waals surface area contributed by atoms with E-state index < -0.39 is 17.8 Å². The van der Waals surface area contributed by atoms with Crippen molar-refractivity contribution in [2.45, 2.75) is 149 Å². The fraction of sp³-hybridized carbons (Fsp3) is 0.608. The molecule has 0 unspecified atom stereocenters. The predicted molar refractivity (Wildman–Crippen MR) is 415 cm³/mol. The molecule has 11 amide bonds. The molecule has 0 fully saturated rings. The lowest BCUT2D eigenvalue weighted by molar-refractivity contribution is -0.131. The van der Waals surface area contributed by atoms with Crippen molar-refractivity contribution in [3.63, 3.8) is 0 Å². The Bertz CT molecular complexity index is 2960. The zero-order valence-corrected chi connectivity index (χ0v) is 63.5. The fourth-order valence-electron chi connectivity index (χ4n) is 9.56. The molecule has 1 aliphatic rings. The topological polar surface area (TPSA) is 338 Å². The van der Waals surface area contributed by atoms with Crippen LogP contribution in [0.25, 0.3) is 11.1 Å². The van der Waals surface area contributed by atoms with Gasteiger partial charge in [-0.05, 0) is 62.3 Å². The molecule has 572 valence electrons. The maximum atomic E-state index is 12.3. The van der Waals surface area contributed by atoms with Crippen LogP contribution in [0.3, 0.4) is 0 Å². The summed E-state index contributed by atoms with van der Waals surface area (Å²) in [5.74, 6) is 11.4. The molecule has 0 atom stereocenters. The second kappa shape index (κ2) is 58.4. The van der Waals surface area contributed by atoms with E-state index in [0.717, 1.165) is 16.9 Å². The van der Waals surface area contributed by atoms with Gasteiger partial charge in [0.2, 0.25) is 53.2 Å². The number of benzene rings is 2. The average Bonchev–Trinajstić information content (AvgIpc) is 1.62. The van der Waals surface area contributed by atoms with Gasteiger partial charge >= 0.3 is 12.2 Å². The van der Waals surface area contributed by atoms with Gasteiger partial charge in [0.25, 0.3) is 0 Å². The van der Waals surface area contributed by atoms with Crippen LogP contribution in [-0.2, 0) is 52.6 Å². The maximum Gasteiger partial charge on any atom is 0.407 e. The highest BCUT2D eigenvalue weighted by Crippen LogP contribution is 2.44. The van der Waals surface area contributed by atoms with Gasteiger partial charge in [0, 0.05) is 220 Å². The van der Waals surface area contributed by atoms with Crippen molar-refractivity contribution in [3.05, 3.63) is 59.7 Å². The molecule has 0 aliphatic heterocycles. The number of terminal acetylenes is 3. The first-order valence-corrected chi connectivity index (χ1v) is 38.8. The van der Waals surface area contributed by atoms with Crippen molar-refractivity contribution in [2.24, 2.45) is 5.73 Å².